The van der Waals surface area contributed by atoms with Gasteiger partial charge in [-0.15, -0.1) is 0 Å². The smallest absolute Gasteiger partial charge is 0.322 e. The Kier molecular flexibility index (Phi) is 8.03. The molecule has 4 amide bonds. The molecular formula is C25H30ClN5O3. The molecule has 2 aliphatic heterocycles. The molecule has 0 radical (unpaired) electrons. The SMILES string of the molecule is O=C(CN1CCN(C(=O)Nc2ccc(Cl)cc2)CC1=O)NC1CCN(Cc2ccccc2)CC1. The van der Waals surface area contributed by atoms with Crippen molar-refractivity contribution >= 4 is 35.1 Å². The maximum atomic E-state index is 12.6. The summed E-state index contributed by atoms with van der Waals surface area (Å²) in [5.41, 5.74) is 1.91. The second kappa shape index (κ2) is 11.4. The van der Waals surface area contributed by atoms with E-state index in [2.05, 4.69) is 39.8 Å². The van der Waals surface area contributed by atoms with E-state index in [4.69, 9.17) is 11.6 Å². The van der Waals surface area contributed by atoms with Crippen molar-refractivity contribution in [3.8, 4) is 0 Å². The lowest BCUT2D eigenvalue weighted by Crippen LogP contribution is -2.56. The topological polar surface area (TPSA) is 85.0 Å². The van der Waals surface area contributed by atoms with Gasteiger partial charge in [0.1, 0.15) is 6.54 Å². The molecule has 0 unspecified atom stereocenters. The lowest BCUT2D eigenvalue weighted by molar-refractivity contribution is -0.139. The molecule has 2 aromatic carbocycles. The molecule has 9 heteroatoms. The van der Waals surface area contributed by atoms with Crippen LogP contribution >= 0.6 is 11.6 Å². The van der Waals surface area contributed by atoms with Gasteiger partial charge in [-0.1, -0.05) is 41.9 Å². The number of halogens is 1. The van der Waals surface area contributed by atoms with Crippen molar-refractivity contribution in [3.05, 3.63) is 65.2 Å². The molecule has 2 saturated heterocycles. The Labute approximate surface area is 204 Å². The van der Waals surface area contributed by atoms with Crippen LogP contribution in [0.15, 0.2) is 54.6 Å². The van der Waals surface area contributed by atoms with E-state index in [1.165, 1.54) is 15.4 Å². The largest absolute Gasteiger partial charge is 0.352 e. The quantitative estimate of drug-likeness (QED) is 0.661. The molecule has 180 valence electrons. The van der Waals surface area contributed by atoms with Crippen LogP contribution in [0.1, 0.15) is 18.4 Å². The van der Waals surface area contributed by atoms with Crippen LogP contribution in [0.3, 0.4) is 0 Å². The third-order valence-corrected chi connectivity index (χ3v) is 6.49. The highest BCUT2D eigenvalue weighted by Crippen LogP contribution is 2.16. The zero-order valence-corrected chi connectivity index (χ0v) is 19.8. The minimum atomic E-state index is -0.345. The summed E-state index contributed by atoms with van der Waals surface area (Å²) in [6.45, 7) is 3.46. The molecule has 0 aromatic heterocycles. The molecule has 0 aliphatic carbocycles. The van der Waals surface area contributed by atoms with E-state index in [9.17, 15) is 14.4 Å². The average Bonchev–Trinajstić information content (AvgIpc) is 2.84. The molecule has 2 N–H and O–H groups in total. The molecule has 0 saturated carbocycles. The number of carbonyl (C=O) groups is 3. The van der Waals surface area contributed by atoms with Gasteiger partial charge in [-0.3, -0.25) is 14.5 Å². The molecule has 0 spiro atoms. The Morgan fingerprint density at radius 3 is 2.32 bits per heavy atom. The number of hydrogen-bond acceptors (Lipinski definition) is 4. The standard InChI is InChI=1S/C25H30ClN5O3/c26-20-6-8-21(9-7-20)28-25(34)31-15-14-30(24(33)18-31)17-23(32)27-22-10-12-29(13-11-22)16-19-4-2-1-3-5-19/h1-9,22H,10-18H2,(H,27,32)(H,28,34). The first kappa shape index (κ1) is 24.0. The van der Waals surface area contributed by atoms with Gasteiger partial charge in [-0.05, 0) is 42.7 Å². The van der Waals surface area contributed by atoms with Crippen molar-refractivity contribution in [3.63, 3.8) is 0 Å². The van der Waals surface area contributed by atoms with Crippen molar-refractivity contribution in [2.24, 2.45) is 0 Å². The van der Waals surface area contributed by atoms with Gasteiger partial charge in [0.05, 0.1) is 6.54 Å². The van der Waals surface area contributed by atoms with Gasteiger partial charge in [-0.2, -0.15) is 0 Å². The number of anilines is 1. The number of nitrogens with one attached hydrogen (secondary N) is 2. The fourth-order valence-corrected chi connectivity index (χ4v) is 4.43. The van der Waals surface area contributed by atoms with Crippen LogP contribution in [0.25, 0.3) is 0 Å². The van der Waals surface area contributed by atoms with Crippen molar-refractivity contribution < 1.29 is 14.4 Å². The fourth-order valence-electron chi connectivity index (χ4n) is 4.31. The number of carbonyl (C=O) groups excluding carboxylic acids is 3. The van der Waals surface area contributed by atoms with Crippen molar-refractivity contribution in [2.75, 3.05) is 44.6 Å². The van der Waals surface area contributed by atoms with Crippen LogP contribution in [-0.4, -0.2) is 77.9 Å². The Bertz CT molecular complexity index is 993. The summed E-state index contributed by atoms with van der Waals surface area (Å²) in [6, 6.07) is 16.9. The Hall–Kier alpha value is -3.10. The first-order valence-corrected chi connectivity index (χ1v) is 12.0. The van der Waals surface area contributed by atoms with Crippen LogP contribution in [0, 0.1) is 0 Å². The monoisotopic (exact) mass is 483 g/mol. The number of nitrogens with zero attached hydrogens (tertiary/aromatic N) is 3. The molecule has 2 aromatic rings. The van der Waals surface area contributed by atoms with Crippen molar-refractivity contribution in [1.82, 2.24) is 20.0 Å². The van der Waals surface area contributed by atoms with E-state index in [0.29, 0.717) is 23.8 Å². The van der Waals surface area contributed by atoms with E-state index in [1.807, 2.05) is 6.07 Å². The Balaban J connectivity index is 1.17. The second-order valence-electron chi connectivity index (χ2n) is 8.78. The lowest BCUT2D eigenvalue weighted by Gasteiger charge is -2.35. The lowest BCUT2D eigenvalue weighted by atomic mass is 10.0. The zero-order valence-electron chi connectivity index (χ0n) is 19.1. The van der Waals surface area contributed by atoms with E-state index in [-0.39, 0.29) is 37.0 Å². The number of likely N-dealkylation sites (tertiary alicyclic amines) is 1. The summed E-state index contributed by atoms with van der Waals surface area (Å²) in [5, 5.41) is 6.42. The highest BCUT2D eigenvalue weighted by molar-refractivity contribution is 6.30. The van der Waals surface area contributed by atoms with Gasteiger partial charge in [0.15, 0.2) is 0 Å². The van der Waals surface area contributed by atoms with Gasteiger partial charge in [0, 0.05) is 49.5 Å². The number of piperazine rings is 1. The van der Waals surface area contributed by atoms with E-state index in [0.717, 1.165) is 32.5 Å². The molecule has 0 atom stereocenters. The summed E-state index contributed by atoms with van der Waals surface area (Å²) in [5.74, 6) is -0.376. The number of rotatable bonds is 6. The van der Waals surface area contributed by atoms with Gasteiger partial charge in [-0.25, -0.2) is 4.79 Å². The summed E-state index contributed by atoms with van der Waals surface area (Å²) in [4.78, 5) is 42.9. The van der Waals surface area contributed by atoms with Crippen LogP contribution < -0.4 is 10.6 Å². The number of amides is 4. The first-order chi connectivity index (χ1) is 16.5. The number of hydrogen-bond donors (Lipinski definition) is 2. The number of benzene rings is 2. The molecule has 2 fully saturated rings. The first-order valence-electron chi connectivity index (χ1n) is 11.6. The summed E-state index contributed by atoms with van der Waals surface area (Å²) in [7, 11) is 0. The van der Waals surface area contributed by atoms with Gasteiger partial charge < -0.3 is 20.4 Å². The summed E-state index contributed by atoms with van der Waals surface area (Å²) < 4.78 is 0. The normalized spacial score (nSPS) is 17.5. The van der Waals surface area contributed by atoms with Crippen LogP contribution in [0.4, 0.5) is 10.5 Å². The molecule has 2 aliphatic rings. The summed E-state index contributed by atoms with van der Waals surface area (Å²) in [6.07, 6.45) is 1.79. The zero-order chi connectivity index (χ0) is 23.9. The molecule has 2 heterocycles. The number of piperidine rings is 1. The predicted octanol–water partition coefficient (Wildman–Crippen LogP) is 2.80. The van der Waals surface area contributed by atoms with E-state index >= 15 is 0 Å². The minimum Gasteiger partial charge on any atom is -0.352 e. The van der Waals surface area contributed by atoms with E-state index in [1.54, 1.807) is 24.3 Å². The maximum Gasteiger partial charge on any atom is 0.322 e. The molecular weight excluding hydrogens is 454 g/mol. The third kappa shape index (κ3) is 6.71. The van der Waals surface area contributed by atoms with E-state index < -0.39 is 0 Å². The molecule has 34 heavy (non-hydrogen) atoms. The van der Waals surface area contributed by atoms with Crippen LogP contribution in [0.2, 0.25) is 5.02 Å². The molecule has 0 bridgehead atoms. The summed E-state index contributed by atoms with van der Waals surface area (Å²) >= 11 is 5.86. The maximum absolute atomic E-state index is 12.6. The molecule has 4 rings (SSSR count). The average molecular weight is 484 g/mol. The predicted molar refractivity (Wildman–Crippen MR) is 132 cm³/mol. The van der Waals surface area contributed by atoms with Gasteiger partial charge in [0.2, 0.25) is 11.8 Å². The second-order valence-corrected chi connectivity index (χ2v) is 9.21. The van der Waals surface area contributed by atoms with Crippen molar-refractivity contribution in [2.45, 2.75) is 25.4 Å². The fraction of sp³-hybridized carbons (Fsp3) is 0.400. The Morgan fingerprint density at radius 1 is 0.941 bits per heavy atom. The van der Waals surface area contributed by atoms with Gasteiger partial charge >= 0.3 is 6.03 Å². The highest BCUT2D eigenvalue weighted by Gasteiger charge is 2.29. The number of urea groups is 1. The van der Waals surface area contributed by atoms with Crippen molar-refractivity contribution in [1.29, 1.82) is 0 Å². The Morgan fingerprint density at radius 2 is 1.65 bits per heavy atom. The molecule has 8 nitrogen and oxygen atoms in total. The minimum absolute atomic E-state index is 0.0235. The van der Waals surface area contributed by atoms with Gasteiger partial charge in [0.25, 0.3) is 0 Å². The van der Waals surface area contributed by atoms with Crippen LogP contribution in [-0.2, 0) is 16.1 Å². The van der Waals surface area contributed by atoms with Crippen LogP contribution in [0.5, 0.6) is 0 Å². The highest BCUT2D eigenvalue weighted by atomic mass is 35.5. The third-order valence-electron chi connectivity index (χ3n) is 6.24.